The first-order chi connectivity index (χ1) is 15.5. The number of amides is 2. The molecule has 11 heteroatoms. The molecule has 8 nitrogen and oxygen atoms in total. The van der Waals surface area contributed by atoms with Crippen LogP contribution in [0, 0.1) is 6.92 Å². The smallest absolute Gasteiger partial charge is 0.422 e. The molecule has 0 radical (unpaired) electrons. The number of hydrogen-bond acceptors (Lipinski definition) is 6. The lowest BCUT2D eigenvalue weighted by atomic mass is 10.00. The lowest BCUT2D eigenvalue weighted by Gasteiger charge is -2.38. The number of rotatable bonds is 6. The Morgan fingerprint density at radius 1 is 1.36 bits per heavy atom. The average molecular weight is 464 g/mol. The molecule has 0 bridgehead atoms. The van der Waals surface area contributed by atoms with Crippen molar-refractivity contribution < 1.29 is 32.2 Å². The lowest BCUT2D eigenvalue weighted by molar-refractivity contribution is -0.154. The van der Waals surface area contributed by atoms with Gasteiger partial charge in [0.1, 0.15) is 5.69 Å². The minimum Gasteiger partial charge on any atom is -0.468 e. The maximum Gasteiger partial charge on any atom is 0.422 e. The molecular formula is C22H23F3N4O4. The van der Waals surface area contributed by atoms with E-state index in [1.807, 2.05) is 6.92 Å². The molecule has 1 N–H and O–H groups in total. The number of aromatic nitrogens is 2. The Morgan fingerprint density at radius 3 is 2.70 bits per heavy atom. The van der Waals surface area contributed by atoms with Gasteiger partial charge >= 0.3 is 6.18 Å². The van der Waals surface area contributed by atoms with E-state index in [1.54, 1.807) is 30.9 Å². The molecule has 1 fully saturated rings. The summed E-state index contributed by atoms with van der Waals surface area (Å²) in [4.78, 5) is 35.7. The molecule has 2 aromatic rings. The summed E-state index contributed by atoms with van der Waals surface area (Å²) < 4.78 is 47.2. The van der Waals surface area contributed by atoms with Crippen LogP contribution < -0.4 is 10.1 Å². The Morgan fingerprint density at radius 2 is 2.09 bits per heavy atom. The van der Waals surface area contributed by atoms with E-state index in [9.17, 15) is 22.8 Å². The molecule has 4 heterocycles. The van der Waals surface area contributed by atoms with Gasteiger partial charge in [0.15, 0.2) is 6.61 Å². The molecule has 33 heavy (non-hydrogen) atoms. The second kappa shape index (κ2) is 8.29. The van der Waals surface area contributed by atoms with Crippen molar-refractivity contribution in [1.29, 1.82) is 0 Å². The van der Waals surface area contributed by atoms with Crippen LogP contribution in [-0.4, -0.2) is 58.2 Å². The highest BCUT2D eigenvalue weighted by molar-refractivity contribution is 6.03. The van der Waals surface area contributed by atoms with Gasteiger partial charge in [-0.1, -0.05) is 0 Å². The molecule has 2 aromatic heterocycles. The van der Waals surface area contributed by atoms with Crippen LogP contribution in [0.5, 0.6) is 5.88 Å². The normalized spacial score (nSPS) is 17.9. The van der Waals surface area contributed by atoms with Crippen molar-refractivity contribution in [3.8, 4) is 5.88 Å². The number of hydrogen-bond donors (Lipinski definition) is 1. The predicted octanol–water partition coefficient (Wildman–Crippen LogP) is 2.96. The van der Waals surface area contributed by atoms with Crippen molar-refractivity contribution in [2.24, 2.45) is 0 Å². The number of aryl methyl sites for hydroxylation is 1. The van der Waals surface area contributed by atoms with Gasteiger partial charge in [-0.3, -0.25) is 14.6 Å². The van der Waals surface area contributed by atoms with E-state index < -0.39 is 24.4 Å². The van der Waals surface area contributed by atoms with E-state index in [1.165, 1.54) is 12.4 Å². The zero-order valence-electron chi connectivity index (χ0n) is 18.3. The topological polar surface area (TPSA) is 93.7 Å². The number of alkyl halides is 3. The fraction of sp³-hybridized carbons (Fsp3) is 0.455. The van der Waals surface area contributed by atoms with Gasteiger partial charge in [-0.25, -0.2) is 4.98 Å². The third-order valence-electron chi connectivity index (χ3n) is 5.72. The first-order valence-corrected chi connectivity index (χ1v) is 10.3. The predicted molar refractivity (Wildman–Crippen MR) is 110 cm³/mol. The summed E-state index contributed by atoms with van der Waals surface area (Å²) in [7, 11) is 0. The molecule has 1 saturated heterocycles. The highest BCUT2D eigenvalue weighted by Gasteiger charge is 2.39. The van der Waals surface area contributed by atoms with Crippen LogP contribution in [0.3, 0.4) is 0 Å². The van der Waals surface area contributed by atoms with Crippen molar-refractivity contribution in [3.05, 3.63) is 52.5 Å². The molecule has 4 rings (SSSR count). The Kier molecular flexibility index (Phi) is 5.77. The molecule has 1 unspecified atom stereocenters. The van der Waals surface area contributed by atoms with Gasteiger partial charge in [-0.2, -0.15) is 13.2 Å². The van der Waals surface area contributed by atoms with Crippen molar-refractivity contribution in [2.75, 3.05) is 19.8 Å². The highest BCUT2D eigenvalue weighted by atomic mass is 19.4. The number of ether oxygens (including phenoxy) is 2. The van der Waals surface area contributed by atoms with Gasteiger partial charge in [0.05, 0.1) is 24.8 Å². The SMILES string of the molecule is Cc1cc(C(C)N2Cc3c(ccnc3C(=O)NC3(C)COC3)C2=O)cnc1OCC(F)(F)F. The van der Waals surface area contributed by atoms with Crippen LogP contribution in [0.2, 0.25) is 0 Å². The molecule has 0 spiro atoms. The van der Waals surface area contributed by atoms with Gasteiger partial charge in [0.25, 0.3) is 11.8 Å². The maximum absolute atomic E-state index is 13.1. The Bertz CT molecular complexity index is 1100. The van der Waals surface area contributed by atoms with Gasteiger partial charge in [-0.15, -0.1) is 0 Å². The molecular weight excluding hydrogens is 441 g/mol. The van der Waals surface area contributed by atoms with Crippen molar-refractivity contribution >= 4 is 11.8 Å². The monoisotopic (exact) mass is 464 g/mol. The summed E-state index contributed by atoms with van der Waals surface area (Å²) in [6.07, 6.45) is -1.64. The van der Waals surface area contributed by atoms with Gasteiger partial charge in [-0.05, 0) is 38.5 Å². The first kappa shape index (κ1) is 23.0. The van der Waals surface area contributed by atoms with E-state index in [2.05, 4.69) is 15.3 Å². The third-order valence-corrected chi connectivity index (χ3v) is 5.72. The molecule has 0 aromatic carbocycles. The Balaban J connectivity index is 1.52. The fourth-order valence-electron chi connectivity index (χ4n) is 3.87. The molecule has 0 saturated carbocycles. The Labute approximate surface area is 188 Å². The zero-order chi connectivity index (χ0) is 24.0. The van der Waals surface area contributed by atoms with Crippen molar-refractivity contribution in [2.45, 2.75) is 45.1 Å². The second-order valence-electron chi connectivity index (χ2n) is 8.60. The van der Waals surface area contributed by atoms with E-state index in [0.29, 0.717) is 35.5 Å². The van der Waals surface area contributed by atoms with E-state index in [0.717, 1.165) is 0 Å². The third kappa shape index (κ3) is 4.63. The van der Waals surface area contributed by atoms with Crippen LogP contribution in [0.1, 0.15) is 57.4 Å². The van der Waals surface area contributed by atoms with E-state index in [-0.39, 0.29) is 29.9 Å². The van der Waals surface area contributed by atoms with Crippen LogP contribution >= 0.6 is 0 Å². The zero-order valence-corrected chi connectivity index (χ0v) is 18.3. The van der Waals surface area contributed by atoms with Crippen molar-refractivity contribution in [1.82, 2.24) is 20.2 Å². The first-order valence-electron chi connectivity index (χ1n) is 10.3. The number of nitrogens with zero attached hydrogens (tertiary/aromatic N) is 3. The van der Waals surface area contributed by atoms with E-state index >= 15 is 0 Å². The molecule has 176 valence electrons. The summed E-state index contributed by atoms with van der Waals surface area (Å²) in [5.41, 5.74) is 1.71. The van der Waals surface area contributed by atoms with E-state index in [4.69, 9.17) is 9.47 Å². The maximum atomic E-state index is 13.1. The minimum absolute atomic E-state index is 0.115. The van der Waals surface area contributed by atoms with Crippen LogP contribution in [0.25, 0.3) is 0 Å². The average Bonchev–Trinajstić information content (AvgIpc) is 3.07. The fourth-order valence-corrected chi connectivity index (χ4v) is 3.87. The summed E-state index contributed by atoms with van der Waals surface area (Å²) in [6, 6.07) is 2.77. The largest absolute Gasteiger partial charge is 0.468 e. The summed E-state index contributed by atoms with van der Waals surface area (Å²) in [6.45, 7) is 4.80. The van der Waals surface area contributed by atoms with Crippen molar-refractivity contribution in [3.63, 3.8) is 0 Å². The van der Waals surface area contributed by atoms with Crippen LogP contribution in [0.4, 0.5) is 13.2 Å². The number of carbonyl (C=O) groups excluding carboxylic acids is 2. The van der Waals surface area contributed by atoms with Crippen LogP contribution in [0.15, 0.2) is 24.5 Å². The molecule has 0 aliphatic carbocycles. The number of pyridine rings is 2. The number of halogens is 3. The second-order valence-corrected chi connectivity index (χ2v) is 8.60. The Hall–Kier alpha value is -3.21. The standard InChI is InChI=1S/C22H23F3N4O4/c1-12-6-14(7-27-19(12)33-11-22(23,24)25)13(2)29-8-16-15(20(29)31)4-5-26-17(16)18(30)28-21(3)9-32-10-21/h4-7,13H,8-11H2,1-3H3,(H,28,30). The lowest BCUT2D eigenvalue weighted by Crippen LogP contribution is -2.60. The summed E-state index contributed by atoms with van der Waals surface area (Å²) in [5.74, 6) is -0.748. The highest BCUT2D eigenvalue weighted by Crippen LogP contribution is 2.33. The minimum atomic E-state index is -4.46. The summed E-state index contributed by atoms with van der Waals surface area (Å²) in [5, 5.41) is 2.91. The van der Waals surface area contributed by atoms with Gasteiger partial charge in [0.2, 0.25) is 5.88 Å². The summed E-state index contributed by atoms with van der Waals surface area (Å²) >= 11 is 0. The number of fused-ring (bicyclic) bond motifs is 1. The molecule has 2 aliphatic rings. The molecule has 1 atom stereocenters. The number of carbonyl (C=O) groups is 2. The molecule has 2 aliphatic heterocycles. The number of nitrogens with one attached hydrogen (secondary N) is 1. The quantitative estimate of drug-likeness (QED) is 0.707. The van der Waals surface area contributed by atoms with Gasteiger partial charge < -0.3 is 19.7 Å². The van der Waals surface area contributed by atoms with Gasteiger partial charge in [0, 0.05) is 35.6 Å². The molecule has 2 amide bonds. The van der Waals surface area contributed by atoms with Crippen LogP contribution in [-0.2, 0) is 11.3 Å².